The van der Waals surface area contributed by atoms with E-state index in [-0.39, 0.29) is 6.04 Å². The van der Waals surface area contributed by atoms with Gasteiger partial charge in [-0.2, -0.15) is 0 Å². The second-order valence-electron chi connectivity index (χ2n) is 5.21. The number of nitrogens with two attached hydrogens (primary N) is 1. The van der Waals surface area contributed by atoms with Crippen LogP contribution in [0.3, 0.4) is 0 Å². The Morgan fingerprint density at radius 2 is 2.26 bits per heavy atom. The van der Waals surface area contributed by atoms with Crippen molar-refractivity contribution in [1.82, 2.24) is 4.98 Å². The third kappa shape index (κ3) is 2.24. The smallest absolute Gasteiger partial charge is 0.0705 e. The summed E-state index contributed by atoms with van der Waals surface area (Å²) in [5.74, 6) is 0.413. The average molecular weight is 256 g/mol. The van der Waals surface area contributed by atoms with Crippen LogP contribution in [0.4, 0.5) is 0 Å². The van der Waals surface area contributed by atoms with Gasteiger partial charge in [0.25, 0.3) is 0 Å². The standard InChI is InChI=1S/C16H20N2O/c1-2-15-13(8-10-19-15)16(17)12-5-3-7-14-11(12)6-4-9-18-14/h3-7,9,13,15-16H,2,8,10,17H2,1H3. The van der Waals surface area contributed by atoms with E-state index in [9.17, 15) is 0 Å². The predicted molar refractivity (Wildman–Crippen MR) is 76.8 cm³/mol. The molecule has 3 atom stereocenters. The lowest BCUT2D eigenvalue weighted by Gasteiger charge is -2.25. The lowest BCUT2D eigenvalue weighted by molar-refractivity contribution is 0.0814. The van der Waals surface area contributed by atoms with Gasteiger partial charge in [-0.1, -0.05) is 25.1 Å². The van der Waals surface area contributed by atoms with E-state index >= 15 is 0 Å². The topological polar surface area (TPSA) is 48.1 Å². The highest BCUT2D eigenvalue weighted by molar-refractivity contribution is 5.82. The Morgan fingerprint density at radius 1 is 1.37 bits per heavy atom. The van der Waals surface area contributed by atoms with Crippen molar-refractivity contribution in [2.75, 3.05) is 6.61 Å². The molecule has 19 heavy (non-hydrogen) atoms. The molecule has 3 heteroatoms. The van der Waals surface area contributed by atoms with Gasteiger partial charge in [0.05, 0.1) is 11.6 Å². The second-order valence-corrected chi connectivity index (χ2v) is 5.21. The van der Waals surface area contributed by atoms with Crippen molar-refractivity contribution in [3.63, 3.8) is 0 Å². The van der Waals surface area contributed by atoms with Crippen molar-refractivity contribution in [2.24, 2.45) is 11.7 Å². The van der Waals surface area contributed by atoms with Crippen LogP contribution < -0.4 is 5.73 Å². The van der Waals surface area contributed by atoms with E-state index in [2.05, 4.69) is 24.0 Å². The van der Waals surface area contributed by atoms with Crippen molar-refractivity contribution < 1.29 is 4.74 Å². The first-order valence-electron chi connectivity index (χ1n) is 7.02. The van der Waals surface area contributed by atoms with E-state index < -0.39 is 0 Å². The van der Waals surface area contributed by atoms with Crippen LogP contribution in [-0.4, -0.2) is 17.7 Å². The molecule has 100 valence electrons. The molecule has 1 saturated heterocycles. The molecule has 1 fully saturated rings. The first kappa shape index (κ1) is 12.6. The molecule has 0 radical (unpaired) electrons. The molecule has 1 aliphatic heterocycles. The van der Waals surface area contributed by atoms with Crippen LogP contribution in [0.2, 0.25) is 0 Å². The Hall–Kier alpha value is -1.45. The Labute approximate surface area is 113 Å². The number of hydrogen-bond donors (Lipinski definition) is 1. The van der Waals surface area contributed by atoms with Crippen molar-refractivity contribution in [1.29, 1.82) is 0 Å². The number of fused-ring (bicyclic) bond motifs is 1. The largest absolute Gasteiger partial charge is 0.378 e. The molecule has 0 saturated carbocycles. The number of pyridine rings is 1. The Kier molecular flexibility index (Phi) is 3.49. The highest BCUT2D eigenvalue weighted by Crippen LogP contribution is 2.35. The van der Waals surface area contributed by atoms with E-state index in [0.29, 0.717) is 12.0 Å². The normalized spacial score (nSPS) is 24.7. The molecule has 3 nitrogen and oxygen atoms in total. The molecule has 3 rings (SSSR count). The molecule has 1 aromatic carbocycles. The van der Waals surface area contributed by atoms with Crippen LogP contribution in [0, 0.1) is 5.92 Å². The van der Waals surface area contributed by atoms with Crippen molar-refractivity contribution >= 4 is 10.9 Å². The van der Waals surface area contributed by atoms with Crippen LogP contribution in [0.25, 0.3) is 10.9 Å². The molecule has 0 bridgehead atoms. The second kappa shape index (κ2) is 5.27. The molecule has 3 unspecified atom stereocenters. The maximum atomic E-state index is 6.52. The molecule has 1 aliphatic rings. The van der Waals surface area contributed by atoms with Gasteiger partial charge in [0.15, 0.2) is 0 Å². The van der Waals surface area contributed by atoms with Gasteiger partial charge in [-0.3, -0.25) is 4.98 Å². The summed E-state index contributed by atoms with van der Waals surface area (Å²) in [5, 5.41) is 1.17. The van der Waals surface area contributed by atoms with Crippen molar-refractivity contribution in [2.45, 2.75) is 31.9 Å². The minimum Gasteiger partial charge on any atom is -0.378 e. The number of benzene rings is 1. The average Bonchev–Trinajstić information content (AvgIpc) is 2.94. The molecule has 0 spiro atoms. The summed E-state index contributed by atoms with van der Waals surface area (Å²) < 4.78 is 5.77. The molecular formula is C16H20N2O. The maximum absolute atomic E-state index is 6.52. The van der Waals surface area contributed by atoms with E-state index in [0.717, 1.165) is 25.0 Å². The van der Waals surface area contributed by atoms with Crippen LogP contribution in [-0.2, 0) is 4.74 Å². The monoisotopic (exact) mass is 256 g/mol. The third-order valence-electron chi connectivity index (χ3n) is 4.16. The van der Waals surface area contributed by atoms with Gasteiger partial charge >= 0.3 is 0 Å². The lowest BCUT2D eigenvalue weighted by Crippen LogP contribution is -2.28. The van der Waals surface area contributed by atoms with Gasteiger partial charge in [0.1, 0.15) is 0 Å². The maximum Gasteiger partial charge on any atom is 0.0705 e. The lowest BCUT2D eigenvalue weighted by atomic mass is 9.86. The summed E-state index contributed by atoms with van der Waals surface area (Å²) in [6, 6.07) is 10.3. The van der Waals surface area contributed by atoms with E-state index in [4.69, 9.17) is 10.5 Å². The molecule has 0 amide bonds. The fraction of sp³-hybridized carbons (Fsp3) is 0.438. The summed E-state index contributed by atoms with van der Waals surface area (Å²) in [5.41, 5.74) is 8.73. The van der Waals surface area contributed by atoms with Gasteiger partial charge < -0.3 is 10.5 Å². The first-order valence-corrected chi connectivity index (χ1v) is 7.02. The number of aromatic nitrogens is 1. The van der Waals surface area contributed by atoms with Crippen molar-refractivity contribution in [3.8, 4) is 0 Å². The van der Waals surface area contributed by atoms with Gasteiger partial charge in [-0.25, -0.2) is 0 Å². The SMILES string of the molecule is CCC1OCCC1C(N)c1cccc2ncccc12. The zero-order chi connectivity index (χ0) is 13.2. The predicted octanol–water partition coefficient (Wildman–Crippen LogP) is 3.05. The zero-order valence-electron chi connectivity index (χ0n) is 11.3. The summed E-state index contributed by atoms with van der Waals surface area (Å²) in [6.45, 7) is 3.00. The van der Waals surface area contributed by atoms with Gasteiger partial charge in [-0.05, 0) is 30.5 Å². The number of hydrogen-bond acceptors (Lipinski definition) is 3. The van der Waals surface area contributed by atoms with Crippen LogP contribution in [0.5, 0.6) is 0 Å². The fourth-order valence-electron chi connectivity index (χ4n) is 3.14. The first-order chi connectivity index (χ1) is 9.31. The minimum absolute atomic E-state index is 0.0281. The van der Waals surface area contributed by atoms with Crippen LogP contribution >= 0.6 is 0 Å². The van der Waals surface area contributed by atoms with E-state index in [1.54, 1.807) is 0 Å². The summed E-state index contributed by atoms with van der Waals surface area (Å²) in [7, 11) is 0. The van der Waals surface area contributed by atoms with E-state index in [1.807, 2.05) is 24.4 Å². The van der Waals surface area contributed by atoms with Gasteiger partial charge in [-0.15, -0.1) is 0 Å². The highest BCUT2D eigenvalue weighted by atomic mass is 16.5. The Morgan fingerprint density at radius 3 is 3.11 bits per heavy atom. The number of rotatable bonds is 3. The summed E-state index contributed by atoms with van der Waals surface area (Å²) in [4.78, 5) is 4.40. The fourth-order valence-corrected chi connectivity index (χ4v) is 3.14. The minimum atomic E-state index is 0.0281. The van der Waals surface area contributed by atoms with Crippen LogP contribution in [0.1, 0.15) is 31.4 Å². The molecule has 2 aromatic rings. The molecule has 1 aromatic heterocycles. The number of nitrogens with zero attached hydrogens (tertiary/aromatic N) is 1. The molecular weight excluding hydrogens is 236 g/mol. The molecule has 2 heterocycles. The zero-order valence-corrected chi connectivity index (χ0v) is 11.3. The Bertz CT molecular complexity index is 564. The summed E-state index contributed by atoms with van der Waals surface area (Å²) >= 11 is 0. The van der Waals surface area contributed by atoms with Crippen LogP contribution in [0.15, 0.2) is 36.5 Å². The highest BCUT2D eigenvalue weighted by Gasteiger charge is 2.33. The van der Waals surface area contributed by atoms with Gasteiger partial charge in [0, 0.05) is 30.1 Å². The Balaban J connectivity index is 1.99. The third-order valence-corrected chi connectivity index (χ3v) is 4.16. The quantitative estimate of drug-likeness (QED) is 0.918. The van der Waals surface area contributed by atoms with Gasteiger partial charge in [0.2, 0.25) is 0 Å². The molecule has 0 aliphatic carbocycles. The molecule has 2 N–H and O–H groups in total. The number of ether oxygens (including phenoxy) is 1. The summed E-state index contributed by atoms with van der Waals surface area (Å²) in [6.07, 6.45) is 4.20. The van der Waals surface area contributed by atoms with Crippen molar-refractivity contribution in [3.05, 3.63) is 42.1 Å². The van der Waals surface area contributed by atoms with E-state index in [1.165, 1.54) is 10.9 Å².